The van der Waals surface area contributed by atoms with Gasteiger partial charge in [0.2, 0.25) is 0 Å². The van der Waals surface area contributed by atoms with Gasteiger partial charge in [-0.15, -0.1) is 0 Å². The van der Waals surface area contributed by atoms with E-state index < -0.39 is 10.1 Å². The van der Waals surface area contributed by atoms with Crippen LogP contribution in [0.5, 0.6) is 5.75 Å². The normalized spacial score (nSPS) is 17.4. The van der Waals surface area contributed by atoms with E-state index in [1.54, 1.807) is 6.07 Å². The molecule has 0 amide bonds. The Morgan fingerprint density at radius 3 is 2.94 bits per heavy atom. The topological polar surface area (TPSA) is 65.0 Å². The summed E-state index contributed by atoms with van der Waals surface area (Å²) < 4.78 is 32.5. The zero-order chi connectivity index (χ0) is 12.5. The van der Waals surface area contributed by atoms with E-state index in [2.05, 4.69) is 25.4 Å². The van der Waals surface area contributed by atoms with Gasteiger partial charge < -0.3 is 4.74 Å². The van der Waals surface area contributed by atoms with E-state index >= 15 is 0 Å². The lowest BCUT2D eigenvalue weighted by Gasteiger charge is -2.18. The molecule has 0 fully saturated rings. The second kappa shape index (κ2) is 4.66. The molecule has 0 bridgehead atoms. The lowest BCUT2D eigenvalue weighted by atomic mass is 10.0. The molecule has 0 spiro atoms. The van der Waals surface area contributed by atoms with E-state index in [0.717, 1.165) is 16.3 Å². The third-order valence-corrected chi connectivity index (χ3v) is 2.97. The van der Waals surface area contributed by atoms with E-state index in [-0.39, 0.29) is 0 Å². The summed E-state index contributed by atoms with van der Waals surface area (Å²) in [6, 6.07) is 5.46. The zero-order valence-electron chi connectivity index (χ0n) is 9.01. The Bertz CT molecular complexity index is 568. The molecule has 5 nitrogen and oxygen atoms in total. The summed E-state index contributed by atoms with van der Waals surface area (Å²) >= 11 is 3.34. The number of oxime groups is 1. The van der Waals surface area contributed by atoms with Gasteiger partial charge in [0.05, 0.1) is 18.6 Å². The number of ether oxygens (including phenoxy) is 1. The maximum absolute atomic E-state index is 10.9. The van der Waals surface area contributed by atoms with Gasteiger partial charge in [-0.05, 0) is 18.2 Å². The molecule has 0 radical (unpaired) electrons. The fourth-order valence-corrected chi connectivity index (χ4v) is 2.04. The van der Waals surface area contributed by atoms with Crippen molar-refractivity contribution in [2.45, 2.75) is 6.42 Å². The van der Waals surface area contributed by atoms with Crippen LogP contribution < -0.4 is 4.74 Å². The van der Waals surface area contributed by atoms with Gasteiger partial charge >= 0.3 is 10.1 Å². The van der Waals surface area contributed by atoms with Gasteiger partial charge in [-0.2, -0.15) is 8.42 Å². The second-order valence-electron chi connectivity index (χ2n) is 3.56. The average molecular weight is 320 g/mol. The molecule has 0 atom stereocenters. The van der Waals surface area contributed by atoms with Crippen molar-refractivity contribution in [3.8, 4) is 5.75 Å². The average Bonchev–Trinajstić information content (AvgIpc) is 2.25. The molecule has 0 N–H and O–H groups in total. The van der Waals surface area contributed by atoms with Crippen molar-refractivity contribution < 1.29 is 17.4 Å². The Labute approximate surface area is 108 Å². The molecule has 2 rings (SSSR count). The standard InChI is InChI=1S/C10H10BrNO4S/c1-17(13,14)16-12-9-4-5-15-10-3-2-7(11)6-8(9)10/h2-3,6H,4-5H2,1H3/b12-9+. The summed E-state index contributed by atoms with van der Waals surface area (Å²) in [5.41, 5.74) is 1.31. The summed E-state index contributed by atoms with van der Waals surface area (Å²) in [5, 5.41) is 3.66. The van der Waals surface area contributed by atoms with Crippen molar-refractivity contribution >= 4 is 31.8 Å². The van der Waals surface area contributed by atoms with Gasteiger partial charge in [0.15, 0.2) is 0 Å². The van der Waals surface area contributed by atoms with Crippen LogP contribution in [0.2, 0.25) is 0 Å². The Hall–Kier alpha value is -1.08. The molecule has 0 aromatic heterocycles. The van der Waals surface area contributed by atoms with Crippen LogP contribution in [-0.2, 0) is 14.4 Å². The Morgan fingerprint density at radius 1 is 1.47 bits per heavy atom. The number of fused-ring (bicyclic) bond motifs is 1. The first-order valence-electron chi connectivity index (χ1n) is 4.84. The largest absolute Gasteiger partial charge is 0.492 e. The minimum Gasteiger partial charge on any atom is -0.492 e. The maximum Gasteiger partial charge on any atom is 0.325 e. The predicted octanol–water partition coefficient (Wildman–Crippen LogP) is 1.91. The van der Waals surface area contributed by atoms with Crippen LogP contribution in [-0.4, -0.2) is 27.0 Å². The highest BCUT2D eigenvalue weighted by atomic mass is 79.9. The lowest BCUT2D eigenvalue weighted by Crippen LogP contribution is -2.17. The molecule has 1 aliphatic rings. The highest BCUT2D eigenvalue weighted by molar-refractivity contribution is 9.10. The first kappa shape index (κ1) is 12.4. The highest BCUT2D eigenvalue weighted by Gasteiger charge is 2.18. The molecule has 7 heteroatoms. The molecule has 17 heavy (non-hydrogen) atoms. The molecule has 1 heterocycles. The minimum absolute atomic E-state index is 0.459. The van der Waals surface area contributed by atoms with Crippen molar-refractivity contribution in [1.82, 2.24) is 0 Å². The Kier molecular flexibility index (Phi) is 3.39. The monoisotopic (exact) mass is 319 g/mol. The third-order valence-electron chi connectivity index (χ3n) is 2.13. The first-order chi connectivity index (χ1) is 7.96. The van der Waals surface area contributed by atoms with Gasteiger partial charge in [-0.25, -0.2) is 0 Å². The Morgan fingerprint density at radius 2 is 2.24 bits per heavy atom. The minimum atomic E-state index is -3.58. The highest BCUT2D eigenvalue weighted by Crippen LogP contribution is 2.28. The zero-order valence-corrected chi connectivity index (χ0v) is 11.4. The Balaban J connectivity index is 2.37. The fraction of sp³-hybridized carbons (Fsp3) is 0.300. The van der Waals surface area contributed by atoms with Gasteiger partial charge in [0.1, 0.15) is 5.75 Å². The number of nitrogens with zero attached hydrogens (tertiary/aromatic N) is 1. The SMILES string of the molecule is CS(=O)(=O)O/N=C1\CCOc2ccc(Br)cc21. The number of benzene rings is 1. The number of halogens is 1. The van der Waals surface area contributed by atoms with Gasteiger partial charge in [-0.3, -0.25) is 4.28 Å². The van der Waals surface area contributed by atoms with Crippen LogP contribution in [0, 0.1) is 0 Å². The molecular weight excluding hydrogens is 310 g/mol. The van der Waals surface area contributed by atoms with Crippen LogP contribution in [0.3, 0.4) is 0 Å². The molecule has 1 aromatic carbocycles. The van der Waals surface area contributed by atoms with Crippen LogP contribution >= 0.6 is 15.9 Å². The summed E-state index contributed by atoms with van der Waals surface area (Å²) in [7, 11) is -3.58. The third kappa shape index (κ3) is 3.19. The van der Waals surface area contributed by atoms with Crippen molar-refractivity contribution in [3.63, 3.8) is 0 Å². The quantitative estimate of drug-likeness (QED) is 0.781. The van der Waals surface area contributed by atoms with E-state index in [0.29, 0.717) is 24.5 Å². The summed E-state index contributed by atoms with van der Waals surface area (Å²) in [6.45, 7) is 0.459. The molecule has 0 saturated carbocycles. The van der Waals surface area contributed by atoms with E-state index in [9.17, 15) is 8.42 Å². The van der Waals surface area contributed by atoms with Gasteiger partial charge in [0, 0.05) is 16.5 Å². The lowest BCUT2D eigenvalue weighted by molar-refractivity contribution is 0.309. The number of hydrogen-bond donors (Lipinski definition) is 0. The van der Waals surface area contributed by atoms with E-state index in [4.69, 9.17) is 4.74 Å². The number of rotatable bonds is 2. The predicted molar refractivity (Wildman–Crippen MR) is 66.7 cm³/mol. The van der Waals surface area contributed by atoms with Crippen molar-refractivity contribution in [2.24, 2.45) is 5.16 Å². The smallest absolute Gasteiger partial charge is 0.325 e. The number of hydrogen-bond acceptors (Lipinski definition) is 5. The van der Waals surface area contributed by atoms with Crippen LogP contribution in [0.25, 0.3) is 0 Å². The van der Waals surface area contributed by atoms with Gasteiger partial charge in [-0.1, -0.05) is 21.1 Å². The van der Waals surface area contributed by atoms with Crippen LogP contribution in [0.4, 0.5) is 0 Å². The molecule has 1 aromatic rings. The van der Waals surface area contributed by atoms with Crippen LogP contribution in [0.1, 0.15) is 12.0 Å². The second-order valence-corrected chi connectivity index (χ2v) is 6.03. The van der Waals surface area contributed by atoms with Crippen molar-refractivity contribution in [3.05, 3.63) is 28.2 Å². The van der Waals surface area contributed by atoms with Gasteiger partial charge in [0.25, 0.3) is 0 Å². The van der Waals surface area contributed by atoms with E-state index in [1.165, 1.54) is 0 Å². The summed E-state index contributed by atoms with van der Waals surface area (Å²) in [6.07, 6.45) is 1.47. The maximum atomic E-state index is 10.9. The van der Waals surface area contributed by atoms with Crippen molar-refractivity contribution in [2.75, 3.05) is 12.9 Å². The molecule has 0 saturated heterocycles. The van der Waals surface area contributed by atoms with Crippen LogP contribution in [0.15, 0.2) is 27.8 Å². The summed E-state index contributed by atoms with van der Waals surface area (Å²) in [5.74, 6) is 0.676. The molecule has 1 aliphatic heterocycles. The first-order valence-corrected chi connectivity index (χ1v) is 7.45. The molecular formula is C10H10BrNO4S. The summed E-state index contributed by atoms with van der Waals surface area (Å²) in [4.78, 5) is 0. The van der Waals surface area contributed by atoms with Crippen molar-refractivity contribution in [1.29, 1.82) is 0 Å². The molecule has 92 valence electrons. The molecule has 0 unspecified atom stereocenters. The molecule has 0 aliphatic carbocycles. The van der Waals surface area contributed by atoms with E-state index in [1.807, 2.05) is 12.1 Å². The fourth-order valence-electron chi connectivity index (χ4n) is 1.45.